The second kappa shape index (κ2) is 9.28. The largest absolute Gasteiger partial charge is 0.490 e. The standard InChI is InChI=1S/C24H26ClF2N3O3S/c1-34-30(32)28-23(31)19-7-18(14-2-3-14)22(8-21(19)27)33-17-9-24(10-17)12-29(13-24)11-15-4-5-16(26)6-20(15)25/h4-8,14,17,32H,2-3,9-13H2,1H3,(H,28,31). The third kappa shape index (κ3) is 4.90. The van der Waals surface area contributed by atoms with Crippen molar-refractivity contribution >= 4 is 29.5 Å². The third-order valence-corrected chi connectivity index (χ3v) is 7.66. The Balaban J connectivity index is 1.19. The number of halogens is 3. The summed E-state index contributed by atoms with van der Waals surface area (Å²) >= 11 is 7.04. The minimum absolute atomic E-state index is 0.0116. The van der Waals surface area contributed by atoms with Crippen molar-refractivity contribution in [1.82, 2.24) is 14.9 Å². The maximum absolute atomic E-state index is 14.7. The molecule has 182 valence electrons. The zero-order valence-electron chi connectivity index (χ0n) is 18.7. The van der Waals surface area contributed by atoms with E-state index in [0.29, 0.717) is 21.9 Å². The average Bonchev–Trinajstić information content (AvgIpc) is 3.57. The Morgan fingerprint density at radius 3 is 2.68 bits per heavy atom. The molecular formula is C24H26ClF2N3O3S. The van der Waals surface area contributed by atoms with Gasteiger partial charge in [-0.2, -0.15) is 0 Å². The van der Waals surface area contributed by atoms with Gasteiger partial charge in [0.15, 0.2) is 0 Å². The summed E-state index contributed by atoms with van der Waals surface area (Å²) in [5.41, 5.74) is 4.07. The van der Waals surface area contributed by atoms with Gasteiger partial charge >= 0.3 is 0 Å². The number of amides is 1. The molecule has 1 heterocycles. The molecule has 2 saturated carbocycles. The molecule has 0 unspecified atom stereocenters. The topological polar surface area (TPSA) is 65.0 Å². The number of ether oxygens (including phenoxy) is 1. The lowest BCUT2D eigenvalue weighted by atomic mass is 9.61. The highest BCUT2D eigenvalue weighted by atomic mass is 35.5. The smallest absolute Gasteiger partial charge is 0.271 e. The minimum atomic E-state index is -0.707. The van der Waals surface area contributed by atoms with Gasteiger partial charge in [-0.05, 0) is 77.5 Å². The highest BCUT2D eigenvalue weighted by Gasteiger charge is 2.53. The molecule has 2 aromatic rings. The molecule has 10 heteroatoms. The number of nitrogens with zero attached hydrogens (tertiary/aromatic N) is 2. The molecule has 6 nitrogen and oxygen atoms in total. The summed E-state index contributed by atoms with van der Waals surface area (Å²) in [6.45, 7) is 2.54. The second-order valence-electron chi connectivity index (χ2n) is 9.57. The van der Waals surface area contributed by atoms with Gasteiger partial charge in [0.2, 0.25) is 0 Å². The summed E-state index contributed by atoms with van der Waals surface area (Å²) in [6.07, 6.45) is 5.33. The van der Waals surface area contributed by atoms with Gasteiger partial charge in [-0.3, -0.25) is 20.3 Å². The van der Waals surface area contributed by atoms with Gasteiger partial charge in [-0.25, -0.2) is 8.78 Å². The number of carbonyl (C=O) groups is 1. The molecule has 2 aliphatic carbocycles. The number of hydrazine groups is 1. The van der Waals surface area contributed by atoms with Crippen molar-refractivity contribution < 1.29 is 23.5 Å². The van der Waals surface area contributed by atoms with Crippen molar-refractivity contribution in [2.45, 2.75) is 44.2 Å². The van der Waals surface area contributed by atoms with Crippen LogP contribution in [0.2, 0.25) is 5.02 Å². The molecule has 34 heavy (non-hydrogen) atoms. The number of carbonyl (C=O) groups excluding carboxylic acids is 1. The molecule has 1 aliphatic heterocycles. The lowest BCUT2D eigenvalue weighted by molar-refractivity contribution is -0.122. The summed E-state index contributed by atoms with van der Waals surface area (Å²) in [4.78, 5) is 14.6. The zero-order valence-corrected chi connectivity index (χ0v) is 20.3. The quantitative estimate of drug-likeness (QED) is 0.379. The van der Waals surface area contributed by atoms with Gasteiger partial charge in [-0.1, -0.05) is 17.7 Å². The lowest BCUT2D eigenvalue weighted by Crippen LogP contribution is -2.64. The van der Waals surface area contributed by atoms with Crippen LogP contribution in [0.3, 0.4) is 0 Å². The number of nitrogens with one attached hydrogen (secondary N) is 1. The van der Waals surface area contributed by atoms with Crippen molar-refractivity contribution in [3.05, 3.63) is 63.7 Å². The first-order chi connectivity index (χ1) is 16.2. The Labute approximate surface area is 206 Å². The van der Waals surface area contributed by atoms with Gasteiger partial charge in [-0.15, -0.1) is 0 Å². The minimum Gasteiger partial charge on any atom is -0.490 e. The lowest BCUT2D eigenvalue weighted by Gasteiger charge is -2.58. The van der Waals surface area contributed by atoms with Crippen LogP contribution in [-0.4, -0.2) is 46.0 Å². The van der Waals surface area contributed by atoms with Crippen LogP contribution in [0.5, 0.6) is 5.75 Å². The van der Waals surface area contributed by atoms with Crippen LogP contribution in [0, 0.1) is 17.0 Å². The number of likely N-dealkylation sites (tertiary alicyclic amines) is 1. The van der Waals surface area contributed by atoms with E-state index in [1.54, 1.807) is 18.4 Å². The molecular weight excluding hydrogens is 484 g/mol. The molecule has 2 N–H and O–H groups in total. The summed E-state index contributed by atoms with van der Waals surface area (Å²) in [7, 11) is 0. The van der Waals surface area contributed by atoms with Crippen LogP contribution >= 0.6 is 23.5 Å². The van der Waals surface area contributed by atoms with Crippen molar-refractivity contribution in [2.75, 3.05) is 19.3 Å². The van der Waals surface area contributed by atoms with Crippen molar-refractivity contribution in [3.63, 3.8) is 0 Å². The van der Waals surface area contributed by atoms with Crippen LogP contribution in [0.25, 0.3) is 0 Å². The van der Waals surface area contributed by atoms with Crippen LogP contribution in [-0.2, 0) is 6.54 Å². The molecule has 0 bridgehead atoms. The number of hydrogen-bond donors (Lipinski definition) is 2. The first kappa shape index (κ1) is 23.8. The van der Waals surface area contributed by atoms with Gasteiger partial charge in [0.1, 0.15) is 17.4 Å². The van der Waals surface area contributed by atoms with Gasteiger partial charge < -0.3 is 4.74 Å². The van der Waals surface area contributed by atoms with Gasteiger partial charge in [0.05, 0.1) is 11.7 Å². The van der Waals surface area contributed by atoms with E-state index in [9.17, 15) is 18.8 Å². The van der Waals surface area contributed by atoms with Crippen LogP contribution in [0.4, 0.5) is 8.78 Å². The fourth-order valence-corrected chi connectivity index (χ4v) is 5.49. The van der Waals surface area contributed by atoms with E-state index in [1.807, 2.05) is 0 Å². The van der Waals surface area contributed by atoms with Crippen molar-refractivity contribution in [3.8, 4) is 5.75 Å². The molecule has 1 amide bonds. The number of benzene rings is 2. The molecule has 2 aromatic carbocycles. The van der Waals surface area contributed by atoms with Crippen LogP contribution in [0.15, 0.2) is 30.3 Å². The summed E-state index contributed by atoms with van der Waals surface area (Å²) in [6, 6.07) is 7.36. The van der Waals surface area contributed by atoms with Crippen molar-refractivity contribution in [2.24, 2.45) is 5.41 Å². The molecule has 1 spiro atoms. The summed E-state index contributed by atoms with van der Waals surface area (Å²) in [5, 5.41) is 9.93. The van der Waals surface area contributed by atoms with E-state index in [-0.39, 0.29) is 28.8 Å². The Morgan fingerprint density at radius 1 is 1.29 bits per heavy atom. The fourth-order valence-electron chi connectivity index (χ4n) is 5.09. The molecule has 3 fully saturated rings. The molecule has 0 aromatic heterocycles. The summed E-state index contributed by atoms with van der Waals surface area (Å²) < 4.78 is 34.7. The maximum Gasteiger partial charge on any atom is 0.271 e. The predicted octanol–water partition coefficient (Wildman–Crippen LogP) is 5.15. The van der Waals surface area contributed by atoms with E-state index in [1.165, 1.54) is 18.2 Å². The van der Waals surface area contributed by atoms with E-state index in [0.717, 1.165) is 61.8 Å². The Morgan fingerprint density at radius 2 is 2.03 bits per heavy atom. The maximum atomic E-state index is 14.7. The Bertz CT molecular complexity index is 1100. The first-order valence-electron chi connectivity index (χ1n) is 11.3. The van der Waals surface area contributed by atoms with Gasteiger partial charge in [0.25, 0.3) is 5.91 Å². The molecule has 5 rings (SSSR count). The summed E-state index contributed by atoms with van der Waals surface area (Å²) in [5.74, 6) is -0.940. The second-order valence-corrected chi connectivity index (χ2v) is 10.7. The first-order valence-corrected chi connectivity index (χ1v) is 12.8. The monoisotopic (exact) mass is 509 g/mol. The van der Waals surface area contributed by atoms with Crippen molar-refractivity contribution in [1.29, 1.82) is 0 Å². The Kier molecular flexibility index (Phi) is 6.50. The van der Waals surface area contributed by atoms with Gasteiger partial charge in [0, 0.05) is 42.4 Å². The van der Waals surface area contributed by atoms with E-state index in [2.05, 4.69) is 10.3 Å². The third-order valence-electron chi connectivity index (χ3n) is 6.87. The molecule has 0 radical (unpaired) electrons. The van der Waals surface area contributed by atoms with Crippen LogP contribution in [0.1, 0.15) is 53.1 Å². The normalized spacial score (nSPS) is 19.7. The fraction of sp³-hybridized carbons (Fsp3) is 0.458. The zero-order chi connectivity index (χ0) is 24.0. The van der Waals surface area contributed by atoms with E-state index in [4.69, 9.17) is 16.3 Å². The highest BCUT2D eigenvalue weighted by Crippen LogP contribution is 2.52. The highest BCUT2D eigenvalue weighted by molar-refractivity contribution is 7.96. The predicted molar refractivity (Wildman–Crippen MR) is 126 cm³/mol. The van der Waals surface area contributed by atoms with Crippen LogP contribution < -0.4 is 10.2 Å². The van der Waals surface area contributed by atoms with E-state index < -0.39 is 11.7 Å². The Hall–Kier alpha value is -1.91. The molecule has 3 aliphatic rings. The molecule has 0 atom stereocenters. The number of rotatable bonds is 8. The van der Waals surface area contributed by atoms with E-state index >= 15 is 0 Å². The SMILES string of the molecule is CSN(O)NC(=O)c1cc(C2CC2)c(OC2CC3(C2)CN(Cc2ccc(F)cc2Cl)C3)cc1F. The number of hydrogen-bond acceptors (Lipinski definition) is 6. The molecule has 1 saturated heterocycles. The average molecular weight is 510 g/mol.